The van der Waals surface area contributed by atoms with E-state index in [2.05, 4.69) is 5.32 Å². The van der Waals surface area contributed by atoms with Gasteiger partial charge in [-0.25, -0.2) is 4.39 Å². The molecule has 0 bridgehead atoms. The zero-order valence-corrected chi connectivity index (χ0v) is 13.1. The number of halogens is 2. The summed E-state index contributed by atoms with van der Waals surface area (Å²) in [5, 5.41) is 2.70. The first-order valence-electron chi connectivity index (χ1n) is 7.44. The zero-order chi connectivity index (χ0) is 16.4. The summed E-state index contributed by atoms with van der Waals surface area (Å²) in [6, 6.07) is 3.55. The second kappa shape index (κ2) is 6.58. The molecule has 0 spiro atoms. The molecule has 3 rings (SSSR count). The summed E-state index contributed by atoms with van der Waals surface area (Å²) in [6.07, 6.45) is 3.38. The zero-order valence-electron chi connectivity index (χ0n) is 12.4. The molecule has 2 heterocycles. The van der Waals surface area contributed by atoms with Crippen molar-refractivity contribution in [3.8, 4) is 0 Å². The molecular formula is C16H16ClFN2O3. The summed E-state index contributed by atoms with van der Waals surface area (Å²) in [5.41, 5.74) is 1.07. The van der Waals surface area contributed by atoms with E-state index >= 15 is 0 Å². The monoisotopic (exact) mass is 338 g/mol. The SMILES string of the molecule is O=C(N[C@H]1CCN(c2ccc(F)c(Cl)c2)C1=O)C1=COCCC1. The molecule has 2 aliphatic heterocycles. The van der Waals surface area contributed by atoms with Gasteiger partial charge in [0.1, 0.15) is 11.9 Å². The second-order valence-corrected chi connectivity index (χ2v) is 5.93. The quantitative estimate of drug-likeness (QED) is 0.920. The molecule has 1 saturated heterocycles. The fourth-order valence-electron chi connectivity index (χ4n) is 2.71. The molecule has 0 saturated carbocycles. The van der Waals surface area contributed by atoms with Gasteiger partial charge in [-0.3, -0.25) is 9.59 Å². The van der Waals surface area contributed by atoms with Crippen molar-refractivity contribution in [2.75, 3.05) is 18.1 Å². The van der Waals surface area contributed by atoms with Crippen molar-refractivity contribution < 1.29 is 18.7 Å². The number of nitrogens with zero attached hydrogens (tertiary/aromatic N) is 1. The van der Waals surface area contributed by atoms with Crippen LogP contribution >= 0.6 is 11.6 Å². The average Bonchev–Trinajstić information content (AvgIpc) is 2.92. The van der Waals surface area contributed by atoms with Gasteiger partial charge in [-0.2, -0.15) is 0 Å². The third kappa shape index (κ3) is 3.32. The molecule has 1 fully saturated rings. The molecule has 0 radical (unpaired) electrons. The van der Waals surface area contributed by atoms with E-state index in [0.29, 0.717) is 37.3 Å². The number of hydrogen-bond acceptors (Lipinski definition) is 3. The van der Waals surface area contributed by atoms with Crippen LogP contribution in [0.4, 0.5) is 10.1 Å². The Hall–Kier alpha value is -2.08. The summed E-state index contributed by atoms with van der Waals surface area (Å²) >= 11 is 5.76. The molecular weight excluding hydrogens is 323 g/mol. The molecule has 1 aromatic rings. The lowest BCUT2D eigenvalue weighted by molar-refractivity contribution is -0.124. The Morgan fingerprint density at radius 2 is 2.26 bits per heavy atom. The molecule has 0 aliphatic carbocycles. The molecule has 1 N–H and O–H groups in total. The van der Waals surface area contributed by atoms with E-state index in [1.54, 1.807) is 0 Å². The molecule has 2 aliphatic rings. The Bertz CT molecular complexity index is 677. The maximum Gasteiger partial charge on any atom is 0.250 e. The molecule has 0 unspecified atom stereocenters. The molecule has 0 aromatic heterocycles. The van der Waals surface area contributed by atoms with Gasteiger partial charge in [-0.1, -0.05) is 11.6 Å². The van der Waals surface area contributed by atoms with E-state index in [1.165, 1.54) is 29.4 Å². The van der Waals surface area contributed by atoms with E-state index in [9.17, 15) is 14.0 Å². The van der Waals surface area contributed by atoms with Crippen molar-refractivity contribution in [1.82, 2.24) is 5.32 Å². The number of rotatable bonds is 3. The van der Waals surface area contributed by atoms with Gasteiger partial charge in [0.2, 0.25) is 5.91 Å². The lowest BCUT2D eigenvalue weighted by atomic mass is 10.1. The van der Waals surface area contributed by atoms with Crippen LogP contribution in [-0.2, 0) is 14.3 Å². The van der Waals surface area contributed by atoms with Gasteiger partial charge in [0.15, 0.2) is 0 Å². The standard InChI is InChI=1S/C16H16ClFN2O3/c17-12-8-11(3-4-13(12)18)20-6-5-14(16(20)22)19-15(21)10-2-1-7-23-9-10/h3-4,8-9,14H,1-2,5-7H2,(H,19,21)/t14-/m0/s1. The summed E-state index contributed by atoms with van der Waals surface area (Å²) in [5.74, 6) is -1.03. The topological polar surface area (TPSA) is 58.6 Å². The Morgan fingerprint density at radius 1 is 1.43 bits per heavy atom. The van der Waals surface area contributed by atoms with Crippen molar-refractivity contribution >= 4 is 29.1 Å². The number of carbonyl (C=O) groups excluding carboxylic acids is 2. The van der Waals surface area contributed by atoms with Gasteiger partial charge in [0.05, 0.1) is 23.5 Å². The maximum absolute atomic E-state index is 13.2. The highest BCUT2D eigenvalue weighted by molar-refractivity contribution is 6.31. The minimum atomic E-state index is -0.589. The predicted molar refractivity (Wildman–Crippen MR) is 83.6 cm³/mol. The fraction of sp³-hybridized carbons (Fsp3) is 0.375. The fourth-order valence-corrected chi connectivity index (χ4v) is 2.88. The number of hydrogen-bond donors (Lipinski definition) is 1. The number of ether oxygens (including phenoxy) is 1. The number of benzene rings is 1. The molecule has 7 heteroatoms. The molecule has 122 valence electrons. The number of nitrogens with one attached hydrogen (secondary N) is 1. The largest absolute Gasteiger partial charge is 0.501 e. The van der Waals surface area contributed by atoms with Crippen molar-refractivity contribution in [2.24, 2.45) is 0 Å². The summed E-state index contributed by atoms with van der Waals surface area (Å²) in [6.45, 7) is 1.06. The van der Waals surface area contributed by atoms with Crippen molar-refractivity contribution in [3.63, 3.8) is 0 Å². The summed E-state index contributed by atoms with van der Waals surface area (Å²) in [7, 11) is 0. The molecule has 23 heavy (non-hydrogen) atoms. The minimum absolute atomic E-state index is 0.0349. The van der Waals surface area contributed by atoms with E-state index in [0.717, 1.165) is 6.42 Å². The van der Waals surface area contributed by atoms with Gasteiger partial charge >= 0.3 is 0 Å². The van der Waals surface area contributed by atoms with Gasteiger partial charge in [-0.15, -0.1) is 0 Å². The van der Waals surface area contributed by atoms with Crippen LogP contribution in [0, 0.1) is 5.82 Å². The van der Waals surface area contributed by atoms with E-state index in [4.69, 9.17) is 16.3 Å². The van der Waals surface area contributed by atoms with Crippen LogP contribution in [0.1, 0.15) is 19.3 Å². The van der Waals surface area contributed by atoms with Crippen LogP contribution in [0.25, 0.3) is 0 Å². The van der Waals surface area contributed by atoms with E-state index in [1.807, 2.05) is 0 Å². The number of anilines is 1. The van der Waals surface area contributed by atoms with Crippen LogP contribution in [0.3, 0.4) is 0 Å². The highest BCUT2D eigenvalue weighted by atomic mass is 35.5. The molecule has 1 atom stereocenters. The van der Waals surface area contributed by atoms with Crippen LogP contribution in [0.2, 0.25) is 5.02 Å². The lowest BCUT2D eigenvalue weighted by Gasteiger charge is -2.19. The molecule has 2 amide bonds. The van der Waals surface area contributed by atoms with E-state index in [-0.39, 0.29) is 16.8 Å². The first kappa shape index (κ1) is 15.8. The van der Waals surface area contributed by atoms with Gasteiger partial charge < -0.3 is 15.0 Å². The lowest BCUT2D eigenvalue weighted by Crippen LogP contribution is -2.42. The minimum Gasteiger partial charge on any atom is -0.501 e. The van der Waals surface area contributed by atoms with Crippen molar-refractivity contribution in [3.05, 3.63) is 40.9 Å². The third-order valence-corrected chi connectivity index (χ3v) is 4.24. The van der Waals surface area contributed by atoms with E-state index < -0.39 is 11.9 Å². The van der Waals surface area contributed by atoms with Crippen molar-refractivity contribution in [1.29, 1.82) is 0 Å². The number of amides is 2. The van der Waals surface area contributed by atoms with Crippen LogP contribution in [0.15, 0.2) is 30.0 Å². The van der Waals surface area contributed by atoms with Crippen molar-refractivity contribution in [2.45, 2.75) is 25.3 Å². The predicted octanol–water partition coefficient (Wildman–Crippen LogP) is 2.39. The van der Waals surface area contributed by atoms with Gasteiger partial charge in [-0.05, 0) is 37.5 Å². The summed E-state index contributed by atoms with van der Waals surface area (Å²) < 4.78 is 18.4. The second-order valence-electron chi connectivity index (χ2n) is 5.52. The summed E-state index contributed by atoms with van der Waals surface area (Å²) in [4.78, 5) is 26.1. The molecule has 1 aromatic carbocycles. The van der Waals surface area contributed by atoms with Gasteiger partial charge in [0, 0.05) is 12.2 Å². The first-order valence-corrected chi connectivity index (χ1v) is 7.82. The van der Waals surface area contributed by atoms with Gasteiger partial charge in [0.25, 0.3) is 5.91 Å². The first-order chi connectivity index (χ1) is 11.1. The maximum atomic E-state index is 13.2. The highest BCUT2D eigenvalue weighted by Crippen LogP contribution is 2.26. The number of carbonyl (C=O) groups is 2. The average molecular weight is 339 g/mol. The normalized spacial score (nSPS) is 21.0. The third-order valence-electron chi connectivity index (χ3n) is 3.95. The highest BCUT2D eigenvalue weighted by Gasteiger charge is 2.34. The van der Waals surface area contributed by atoms with Crippen LogP contribution < -0.4 is 10.2 Å². The smallest absolute Gasteiger partial charge is 0.250 e. The Labute approximate surface area is 138 Å². The Balaban J connectivity index is 1.67. The molecule has 5 nitrogen and oxygen atoms in total. The van der Waals surface area contributed by atoms with Crippen LogP contribution in [-0.4, -0.2) is 31.0 Å². The van der Waals surface area contributed by atoms with Crippen LogP contribution in [0.5, 0.6) is 0 Å². The Morgan fingerprint density at radius 3 is 2.96 bits per heavy atom. The Kier molecular flexibility index (Phi) is 4.52.